The van der Waals surface area contributed by atoms with Gasteiger partial charge in [0.05, 0.1) is 0 Å². The average molecular weight is 370 g/mol. The zero-order valence-corrected chi connectivity index (χ0v) is 14.4. The van der Waals surface area contributed by atoms with Crippen molar-refractivity contribution < 1.29 is 4.79 Å². The number of benzene rings is 1. The van der Waals surface area contributed by atoms with Gasteiger partial charge in [-0.3, -0.25) is 20.6 Å². The zero-order valence-electron chi connectivity index (χ0n) is 13.6. The number of halogens is 1. The van der Waals surface area contributed by atoms with Crippen LogP contribution in [0.25, 0.3) is 0 Å². The maximum absolute atomic E-state index is 12.0. The first kappa shape index (κ1) is 17.4. The van der Waals surface area contributed by atoms with Gasteiger partial charge in [-0.15, -0.1) is 0 Å². The summed E-state index contributed by atoms with van der Waals surface area (Å²) in [7, 11) is 0. The number of nitrogens with one attached hydrogen (secondary N) is 3. The molecule has 0 atom stereocenters. The second kappa shape index (κ2) is 8.13. The number of anilines is 3. The summed E-state index contributed by atoms with van der Waals surface area (Å²) >= 11 is 5.87. The standard InChI is InChI=1S/C17H16ClN7O/c18-13-3-1-11(2-4-13)9-21-15-14(19)16(23-10-22-15)24-25-17(26)12-5-7-20-8-6-12/h1-8,10H,9,19H2,(H,25,26)(H2,21,22,23,24). The Morgan fingerprint density at radius 2 is 1.73 bits per heavy atom. The van der Waals surface area contributed by atoms with E-state index in [0.717, 1.165) is 5.56 Å². The van der Waals surface area contributed by atoms with Crippen LogP contribution < -0.4 is 21.9 Å². The van der Waals surface area contributed by atoms with E-state index in [1.165, 1.54) is 18.7 Å². The van der Waals surface area contributed by atoms with Crippen molar-refractivity contribution in [2.24, 2.45) is 0 Å². The highest BCUT2D eigenvalue weighted by molar-refractivity contribution is 6.30. The number of nitrogens with two attached hydrogens (primary N) is 1. The number of nitrogen functional groups attached to an aromatic ring is 1. The zero-order chi connectivity index (χ0) is 18.4. The van der Waals surface area contributed by atoms with Crippen LogP contribution in [-0.2, 0) is 6.54 Å². The molecule has 9 heteroatoms. The van der Waals surface area contributed by atoms with Gasteiger partial charge in [0.2, 0.25) is 0 Å². The molecule has 26 heavy (non-hydrogen) atoms. The molecule has 0 aliphatic heterocycles. The van der Waals surface area contributed by atoms with Gasteiger partial charge in [-0.05, 0) is 29.8 Å². The van der Waals surface area contributed by atoms with Crippen LogP contribution in [0.5, 0.6) is 0 Å². The van der Waals surface area contributed by atoms with Crippen LogP contribution in [0.2, 0.25) is 5.02 Å². The van der Waals surface area contributed by atoms with Crippen LogP contribution in [0.3, 0.4) is 0 Å². The van der Waals surface area contributed by atoms with Crippen LogP contribution in [-0.4, -0.2) is 20.9 Å². The van der Waals surface area contributed by atoms with E-state index in [-0.39, 0.29) is 11.6 Å². The molecule has 3 aromatic rings. The summed E-state index contributed by atoms with van der Waals surface area (Å²) in [4.78, 5) is 24.1. The summed E-state index contributed by atoms with van der Waals surface area (Å²) in [6, 6.07) is 10.6. The Labute approximate surface area is 154 Å². The number of carbonyl (C=O) groups is 1. The second-order valence-corrected chi connectivity index (χ2v) is 5.72. The van der Waals surface area contributed by atoms with E-state index < -0.39 is 0 Å². The van der Waals surface area contributed by atoms with Gasteiger partial charge < -0.3 is 11.1 Å². The SMILES string of the molecule is Nc1c(NCc2ccc(Cl)cc2)ncnc1NNC(=O)c1ccncc1. The summed E-state index contributed by atoms with van der Waals surface area (Å²) < 4.78 is 0. The molecule has 0 unspecified atom stereocenters. The van der Waals surface area contributed by atoms with E-state index in [0.29, 0.717) is 28.8 Å². The van der Waals surface area contributed by atoms with E-state index >= 15 is 0 Å². The number of amides is 1. The van der Waals surface area contributed by atoms with E-state index in [1.807, 2.05) is 24.3 Å². The summed E-state index contributed by atoms with van der Waals surface area (Å²) in [6.07, 6.45) is 4.42. The fourth-order valence-electron chi connectivity index (χ4n) is 2.12. The molecule has 0 saturated carbocycles. The minimum atomic E-state index is -0.332. The number of pyridine rings is 1. The molecule has 0 bridgehead atoms. The van der Waals surface area contributed by atoms with E-state index in [2.05, 4.69) is 31.1 Å². The van der Waals surface area contributed by atoms with Crippen molar-refractivity contribution in [2.75, 3.05) is 16.5 Å². The predicted molar refractivity (Wildman–Crippen MR) is 101 cm³/mol. The third-order valence-corrected chi connectivity index (χ3v) is 3.75. The van der Waals surface area contributed by atoms with E-state index in [9.17, 15) is 4.79 Å². The lowest BCUT2D eigenvalue weighted by atomic mass is 10.2. The van der Waals surface area contributed by atoms with Gasteiger partial charge in [-0.2, -0.15) is 0 Å². The van der Waals surface area contributed by atoms with Gasteiger partial charge in [-0.25, -0.2) is 9.97 Å². The second-order valence-electron chi connectivity index (χ2n) is 5.28. The minimum Gasteiger partial charge on any atom is -0.393 e. The van der Waals surface area contributed by atoms with Gasteiger partial charge >= 0.3 is 0 Å². The fraction of sp³-hybridized carbons (Fsp3) is 0.0588. The molecule has 8 nitrogen and oxygen atoms in total. The van der Waals surface area contributed by atoms with Crippen molar-refractivity contribution in [2.45, 2.75) is 6.54 Å². The minimum absolute atomic E-state index is 0.288. The van der Waals surface area contributed by atoms with Crippen LogP contribution in [0.15, 0.2) is 55.1 Å². The fourth-order valence-corrected chi connectivity index (χ4v) is 2.24. The van der Waals surface area contributed by atoms with Crippen molar-refractivity contribution >= 4 is 34.8 Å². The molecule has 1 amide bonds. The lowest BCUT2D eigenvalue weighted by molar-refractivity contribution is 0.0962. The first-order valence-electron chi connectivity index (χ1n) is 7.68. The lowest BCUT2D eigenvalue weighted by Crippen LogP contribution is -2.30. The summed E-state index contributed by atoms with van der Waals surface area (Å²) in [5, 5.41) is 3.80. The Hall–Kier alpha value is -3.39. The van der Waals surface area contributed by atoms with Gasteiger partial charge in [-0.1, -0.05) is 23.7 Å². The first-order chi connectivity index (χ1) is 12.6. The molecular formula is C17H16ClN7O. The van der Waals surface area contributed by atoms with Crippen LogP contribution in [0.4, 0.5) is 17.3 Å². The molecule has 2 aromatic heterocycles. The normalized spacial score (nSPS) is 10.2. The molecule has 1 aromatic carbocycles. The molecule has 2 heterocycles. The number of hydrazine groups is 1. The van der Waals surface area contributed by atoms with Crippen LogP contribution in [0.1, 0.15) is 15.9 Å². The van der Waals surface area contributed by atoms with Crippen molar-refractivity contribution in [3.05, 3.63) is 71.3 Å². The molecule has 0 aliphatic rings. The Morgan fingerprint density at radius 1 is 1.04 bits per heavy atom. The maximum atomic E-state index is 12.0. The molecule has 0 spiro atoms. The van der Waals surface area contributed by atoms with Crippen LogP contribution >= 0.6 is 11.6 Å². The highest BCUT2D eigenvalue weighted by atomic mass is 35.5. The van der Waals surface area contributed by atoms with Crippen molar-refractivity contribution in [1.82, 2.24) is 20.4 Å². The molecule has 0 radical (unpaired) electrons. The Balaban J connectivity index is 1.63. The quantitative estimate of drug-likeness (QED) is 0.493. The Bertz CT molecular complexity index is 887. The molecule has 132 valence electrons. The number of carbonyl (C=O) groups excluding carboxylic acids is 1. The monoisotopic (exact) mass is 369 g/mol. The highest BCUT2D eigenvalue weighted by Crippen LogP contribution is 2.22. The first-order valence-corrected chi connectivity index (χ1v) is 8.06. The smallest absolute Gasteiger partial charge is 0.269 e. The van der Waals surface area contributed by atoms with Gasteiger partial charge in [0.15, 0.2) is 11.6 Å². The number of hydrogen-bond donors (Lipinski definition) is 4. The van der Waals surface area contributed by atoms with E-state index in [4.69, 9.17) is 17.3 Å². The van der Waals surface area contributed by atoms with Crippen LogP contribution in [0, 0.1) is 0 Å². The van der Waals surface area contributed by atoms with Crippen molar-refractivity contribution in [3.8, 4) is 0 Å². The molecule has 5 N–H and O–H groups in total. The van der Waals surface area contributed by atoms with E-state index in [1.54, 1.807) is 12.1 Å². The van der Waals surface area contributed by atoms with Gasteiger partial charge in [0.25, 0.3) is 5.91 Å². The Kier molecular flexibility index (Phi) is 5.45. The Morgan fingerprint density at radius 3 is 2.46 bits per heavy atom. The third-order valence-electron chi connectivity index (χ3n) is 3.49. The topological polar surface area (TPSA) is 118 Å². The summed E-state index contributed by atoms with van der Waals surface area (Å²) in [6.45, 7) is 0.515. The molecule has 3 rings (SSSR count). The molecule has 0 saturated heterocycles. The predicted octanol–water partition coefficient (Wildman–Crippen LogP) is 2.48. The number of rotatable bonds is 6. The lowest BCUT2D eigenvalue weighted by Gasteiger charge is -2.13. The number of hydrogen-bond acceptors (Lipinski definition) is 7. The average Bonchev–Trinajstić information content (AvgIpc) is 2.68. The van der Waals surface area contributed by atoms with Crippen molar-refractivity contribution in [3.63, 3.8) is 0 Å². The molecule has 0 aliphatic carbocycles. The maximum Gasteiger partial charge on any atom is 0.269 e. The summed E-state index contributed by atoms with van der Waals surface area (Å²) in [5.41, 5.74) is 13.1. The highest BCUT2D eigenvalue weighted by Gasteiger charge is 2.10. The van der Waals surface area contributed by atoms with Gasteiger partial charge in [0.1, 0.15) is 12.0 Å². The number of nitrogens with zero attached hydrogens (tertiary/aromatic N) is 3. The van der Waals surface area contributed by atoms with Gasteiger partial charge in [0, 0.05) is 29.5 Å². The summed E-state index contributed by atoms with van der Waals surface area (Å²) in [5.74, 6) is 0.415. The molecular weight excluding hydrogens is 354 g/mol. The molecule has 0 fully saturated rings. The third kappa shape index (κ3) is 4.37. The number of aromatic nitrogens is 3. The largest absolute Gasteiger partial charge is 0.393 e. The van der Waals surface area contributed by atoms with Crippen molar-refractivity contribution in [1.29, 1.82) is 0 Å².